The predicted octanol–water partition coefficient (Wildman–Crippen LogP) is 4.02. The number of nitro groups is 1. The molecule has 0 saturated carbocycles. The molecule has 1 saturated heterocycles. The van der Waals surface area contributed by atoms with Crippen LogP contribution >= 0.6 is 23.2 Å². The maximum absolute atomic E-state index is 11.3. The molecule has 2 heterocycles. The fourth-order valence-corrected chi connectivity index (χ4v) is 3.99. The highest BCUT2D eigenvalue weighted by atomic mass is 35.5. The van der Waals surface area contributed by atoms with E-state index in [1.165, 1.54) is 0 Å². The highest BCUT2D eigenvalue weighted by molar-refractivity contribution is 6.34. The number of halogens is 2. The van der Waals surface area contributed by atoms with Crippen molar-refractivity contribution in [1.29, 1.82) is 0 Å². The van der Waals surface area contributed by atoms with Crippen molar-refractivity contribution in [3.05, 3.63) is 49.6 Å². The van der Waals surface area contributed by atoms with E-state index in [9.17, 15) is 10.1 Å². The van der Waals surface area contributed by atoms with Crippen molar-refractivity contribution in [3.8, 4) is 0 Å². The zero-order valence-corrected chi connectivity index (χ0v) is 16.2. The molecule has 9 heteroatoms. The normalized spacial score (nSPS) is 16.0. The zero-order chi connectivity index (χ0) is 18.8. The largest absolute Gasteiger partial charge is 0.362 e. The lowest BCUT2D eigenvalue weighted by molar-refractivity contribution is -0.384. The lowest BCUT2D eigenvalue weighted by Gasteiger charge is -2.32. The van der Waals surface area contributed by atoms with Gasteiger partial charge in [-0.25, -0.2) is 4.68 Å². The third-order valence-electron chi connectivity index (χ3n) is 4.63. The summed E-state index contributed by atoms with van der Waals surface area (Å²) in [5, 5.41) is 20.0. The van der Waals surface area contributed by atoms with E-state index >= 15 is 0 Å². The summed E-state index contributed by atoms with van der Waals surface area (Å²) < 4.78 is 1.55. The van der Waals surface area contributed by atoms with Crippen LogP contribution in [-0.4, -0.2) is 38.7 Å². The first-order valence-electron chi connectivity index (χ1n) is 8.45. The van der Waals surface area contributed by atoms with E-state index < -0.39 is 0 Å². The summed E-state index contributed by atoms with van der Waals surface area (Å²) in [6.07, 6.45) is 1.80. The van der Waals surface area contributed by atoms with Gasteiger partial charge in [0, 0.05) is 42.8 Å². The van der Waals surface area contributed by atoms with E-state index in [0.717, 1.165) is 38.0 Å². The van der Waals surface area contributed by atoms with Gasteiger partial charge in [-0.3, -0.25) is 15.0 Å². The maximum Gasteiger partial charge on any atom is 0.333 e. The Morgan fingerprint density at radius 2 is 1.88 bits per heavy atom. The fraction of sp³-hybridized carbons (Fsp3) is 0.471. The number of aromatic nitrogens is 2. The predicted molar refractivity (Wildman–Crippen MR) is 103 cm³/mol. The van der Waals surface area contributed by atoms with E-state index in [-0.39, 0.29) is 16.7 Å². The van der Waals surface area contributed by atoms with E-state index in [4.69, 9.17) is 23.2 Å². The Morgan fingerprint density at radius 1 is 1.27 bits per heavy atom. The van der Waals surface area contributed by atoms with Crippen LogP contribution in [0.15, 0.2) is 18.2 Å². The summed E-state index contributed by atoms with van der Waals surface area (Å²) in [5.41, 5.74) is 1.57. The van der Waals surface area contributed by atoms with Gasteiger partial charge >= 0.3 is 5.69 Å². The maximum atomic E-state index is 11.3. The van der Waals surface area contributed by atoms with Crippen LogP contribution in [0.5, 0.6) is 0 Å². The first kappa shape index (κ1) is 18.9. The molecule has 1 aliphatic rings. The number of hydrogen-bond donors (Lipinski definition) is 1. The fourth-order valence-electron chi connectivity index (χ4n) is 3.42. The van der Waals surface area contributed by atoms with Gasteiger partial charge in [0.25, 0.3) is 0 Å². The highest BCUT2D eigenvalue weighted by Gasteiger charge is 2.27. The Kier molecular flexibility index (Phi) is 5.70. The molecular formula is C17H21Cl2N5O2. The van der Waals surface area contributed by atoms with Crippen LogP contribution < -0.4 is 5.32 Å². The molecule has 1 fully saturated rings. The van der Waals surface area contributed by atoms with Crippen molar-refractivity contribution >= 4 is 34.7 Å². The van der Waals surface area contributed by atoms with Gasteiger partial charge in [-0.15, -0.1) is 0 Å². The first-order chi connectivity index (χ1) is 12.3. The van der Waals surface area contributed by atoms with Crippen LogP contribution in [0.3, 0.4) is 0 Å². The van der Waals surface area contributed by atoms with E-state index in [1.807, 2.05) is 12.1 Å². The Balaban J connectivity index is 1.60. The summed E-state index contributed by atoms with van der Waals surface area (Å²) in [4.78, 5) is 13.3. The average molecular weight is 398 g/mol. The second-order valence-electron chi connectivity index (χ2n) is 6.64. The number of anilines is 1. The third kappa shape index (κ3) is 4.28. The molecule has 0 aliphatic carbocycles. The van der Waals surface area contributed by atoms with Crippen LogP contribution in [0.2, 0.25) is 10.0 Å². The number of likely N-dealkylation sites (tertiary alicyclic amines) is 1. The number of rotatable bonds is 5. The molecule has 0 unspecified atom stereocenters. The molecule has 26 heavy (non-hydrogen) atoms. The number of benzene rings is 1. The standard InChI is InChI=1S/C17H21Cl2N5O2/c1-11-16(24(25)26)17(22(2)21-11)20-15-3-5-23(6-4-15)10-12-7-13(18)9-14(19)8-12/h7-9,15,20H,3-6,10H2,1-2H3. The second kappa shape index (κ2) is 7.82. The molecule has 7 nitrogen and oxygen atoms in total. The van der Waals surface area contributed by atoms with Crippen molar-refractivity contribution in [2.75, 3.05) is 18.4 Å². The lowest BCUT2D eigenvalue weighted by atomic mass is 10.0. The van der Waals surface area contributed by atoms with Crippen LogP contribution in [0.4, 0.5) is 11.5 Å². The zero-order valence-electron chi connectivity index (χ0n) is 14.7. The van der Waals surface area contributed by atoms with Gasteiger partial charge in [-0.05, 0) is 43.5 Å². The van der Waals surface area contributed by atoms with Crippen molar-refractivity contribution < 1.29 is 4.92 Å². The Morgan fingerprint density at radius 3 is 2.46 bits per heavy atom. The molecule has 1 N–H and O–H groups in total. The molecule has 0 amide bonds. The van der Waals surface area contributed by atoms with Gasteiger partial charge in [-0.2, -0.15) is 5.10 Å². The molecule has 0 radical (unpaired) electrons. The first-order valence-corrected chi connectivity index (χ1v) is 9.21. The monoisotopic (exact) mass is 397 g/mol. The van der Waals surface area contributed by atoms with Gasteiger partial charge < -0.3 is 5.32 Å². The van der Waals surface area contributed by atoms with Crippen LogP contribution in [0.25, 0.3) is 0 Å². The molecule has 1 aromatic heterocycles. The summed E-state index contributed by atoms with van der Waals surface area (Å²) >= 11 is 12.1. The van der Waals surface area contributed by atoms with Crippen LogP contribution in [0.1, 0.15) is 24.1 Å². The van der Waals surface area contributed by atoms with Crippen molar-refractivity contribution in [2.24, 2.45) is 7.05 Å². The van der Waals surface area contributed by atoms with Crippen molar-refractivity contribution in [1.82, 2.24) is 14.7 Å². The molecule has 0 spiro atoms. The highest BCUT2D eigenvalue weighted by Crippen LogP contribution is 2.29. The van der Waals surface area contributed by atoms with Gasteiger partial charge in [0.2, 0.25) is 5.82 Å². The molecule has 2 aromatic rings. The molecule has 1 aromatic carbocycles. The summed E-state index contributed by atoms with van der Waals surface area (Å²) in [6, 6.07) is 5.77. The molecule has 140 valence electrons. The third-order valence-corrected chi connectivity index (χ3v) is 5.07. The second-order valence-corrected chi connectivity index (χ2v) is 7.51. The SMILES string of the molecule is Cc1nn(C)c(NC2CCN(Cc3cc(Cl)cc(Cl)c3)CC2)c1[N+](=O)[O-]. The van der Waals surface area contributed by atoms with Gasteiger partial charge in [0.1, 0.15) is 5.69 Å². The van der Waals surface area contributed by atoms with Crippen LogP contribution in [0, 0.1) is 17.0 Å². The minimum Gasteiger partial charge on any atom is -0.362 e. The minimum atomic E-state index is -0.372. The van der Waals surface area contributed by atoms with E-state index in [2.05, 4.69) is 15.3 Å². The molecular weight excluding hydrogens is 377 g/mol. The van der Waals surface area contributed by atoms with Crippen molar-refractivity contribution in [2.45, 2.75) is 32.4 Å². The number of hydrogen-bond acceptors (Lipinski definition) is 5. The van der Waals surface area contributed by atoms with E-state index in [0.29, 0.717) is 21.6 Å². The summed E-state index contributed by atoms with van der Waals surface area (Å²) in [6.45, 7) is 4.23. The minimum absolute atomic E-state index is 0.0588. The molecule has 3 rings (SSSR count). The number of nitrogens with one attached hydrogen (secondary N) is 1. The topological polar surface area (TPSA) is 76.2 Å². The number of nitrogens with zero attached hydrogens (tertiary/aromatic N) is 4. The quantitative estimate of drug-likeness (QED) is 0.608. The van der Waals surface area contributed by atoms with E-state index in [1.54, 1.807) is 24.7 Å². The van der Waals surface area contributed by atoms with Gasteiger partial charge in [0.15, 0.2) is 0 Å². The lowest BCUT2D eigenvalue weighted by Crippen LogP contribution is -2.39. The van der Waals surface area contributed by atoms with Crippen LogP contribution in [-0.2, 0) is 13.6 Å². The smallest absolute Gasteiger partial charge is 0.333 e. The van der Waals surface area contributed by atoms with Gasteiger partial charge in [-0.1, -0.05) is 23.2 Å². The average Bonchev–Trinajstić information content (AvgIpc) is 2.82. The Bertz CT molecular complexity index is 795. The Labute approximate surface area is 162 Å². The van der Waals surface area contributed by atoms with Gasteiger partial charge in [0.05, 0.1) is 4.92 Å². The summed E-state index contributed by atoms with van der Waals surface area (Å²) in [7, 11) is 1.72. The number of piperidine rings is 1. The van der Waals surface area contributed by atoms with Crippen molar-refractivity contribution in [3.63, 3.8) is 0 Å². The molecule has 0 atom stereocenters. The number of aryl methyl sites for hydroxylation is 2. The molecule has 1 aliphatic heterocycles. The summed E-state index contributed by atoms with van der Waals surface area (Å²) in [5.74, 6) is 0.479. The molecule has 0 bridgehead atoms. The Hall–Kier alpha value is -1.83.